The van der Waals surface area contributed by atoms with Gasteiger partial charge in [-0.3, -0.25) is 4.68 Å². The average molecular weight is 251 g/mol. The van der Waals surface area contributed by atoms with Crippen LogP contribution >= 0.6 is 0 Å². The van der Waals surface area contributed by atoms with E-state index in [0.717, 1.165) is 11.1 Å². The fraction of sp³-hybridized carbons (Fsp3) is 0.700. The molecule has 4 nitrogen and oxygen atoms in total. The van der Waals surface area contributed by atoms with E-state index in [-0.39, 0.29) is 12.1 Å². The van der Waals surface area contributed by atoms with Gasteiger partial charge >= 0.3 is 6.18 Å². The Morgan fingerprint density at radius 3 is 2.76 bits per heavy atom. The van der Waals surface area contributed by atoms with Crippen molar-refractivity contribution in [2.24, 2.45) is 7.05 Å². The Morgan fingerprint density at radius 2 is 2.18 bits per heavy atom. The number of hydrogen-bond donors (Lipinski definition) is 1. The third kappa shape index (κ3) is 4.01. The number of rotatable bonds is 6. The molecule has 0 aliphatic heterocycles. The summed E-state index contributed by atoms with van der Waals surface area (Å²) in [6, 6.07) is 0. The van der Waals surface area contributed by atoms with Crippen molar-refractivity contribution < 1.29 is 17.9 Å². The van der Waals surface area contributed by atoms with Gasteiger partial charge in [0.2, 0.25) is 0 Å². The number of aryl methyl sites for hydroxylation is 1. The monoisotopic (exact) mass is 251 g/mol. The van der Waals surface area contributed by atoms with Gasteiger partial charge in [-0.1, -0.05) is 0 Å². The van der Waals surface area contributed by atoms with Crippen LogP contribution in [0.2, 0.25) is 0 Å². The number of halogens is 3. The Balaban J connectivity index is 2.54. The third-order valence-electron chi connectivity index (χ3n) is 2.30. The molecule has 1 aromatic heterocycles. The number of hydrogen-bond acceptors (Lipinski definition) is 3. The first kappa shape index (κ1) is 14.0. The Morgan fingerprint density at radius 1 is 1.47 bits per heavy atom. The van der Waals surface area contributed by atoms with E-state index in [1.807, 2.05) is 0 Å². The Bertz CT molecular complexity index is 349. The van der Waals surface area contributed by atoms with Crippen molar-refractivity contribution in [3.63, 3.8) is 0 Å². The molecule has 0 saturated carbocycles. The van der Waals surface area contributed by atoms with Crippen molar-refractivity contribution in [3.8, 4) is 0 Å². The van der Waals surface area contributed by atoms with Crippen LogP contribution in [0.25, 0.3) is 0 Å². The minimum Gasteiger partial charge on any atom is -0.385 e. The van der Waals surface area contributed by atoms with Crippen molar-refractivity contribution in [2.45, 2.75) is 19.1 Å². The number of nitrogens with zero attached hydrogens (tertiary/aromatic N) is 2. The fourth-order valence-electron chi connectivity index (χ4n) is 1.54. The quantitative estimate of drug-likeness (QED) is 0.780. The number of aromatic nitrogens is 2. The van der Waals surface area contributed by atoms with Crippen LogP contribution in [0.15, 0.2) is 6.20 Å². The second kappa shape index (κ2) is 6.02. The van der Waals surface area contributed by atoms with Gasteiger partial charge in [-0.2, -0.15) is 18.3 Å². The van der Waals surface area contributed by atoms with E-state index in [0.29, 0.717) is 13.2 Å². The Hall–Kier alpha value is -1.08. The van der Waals surface area contributed by atoms with Crippen LogP contribution in [0.1, 0.15) is 17.7 Å². The van der Waals surface area contributed by atoms with Gasteiger partial charge < -0.3 is 10.1 Å². The van der Waals surface area contributed by atoms with Gasteiger partial charge in [0, 0.05) is 32.9 Å². The van der Waals surface area contributed by atoms with Crippen LogP contribution in [-0.2, 0) is 24.5 Å². The van der Waals surface area contributed by atoms with Gasteiger partial charge in [0.05, 0.1) is 6.20 Å². The molecule has 1 heterocycles. The molecule has 0 bridgehead atoms. The van der Waals surface area contributed by atoms with Gasteiger partial charge in [0.25, 0.3) is 0 Å². The number of ether oxygens (including phenoxy) is 1. The van der Waals surface area contributed by atoms with Crippen molar-refractivity contribution in [1.82, 2.24) is 15.1 Å². The Kier molecular flexibility index (Phi) is 4.95. The highest BCUT2D eigenvalue weighted by Gasteiger charge is 2.36. The molecule has 98 valence electrons. The number of nitrogens with one attached hydrogen (secondary N) is 1. The van der Waals surface area contributed by atoms with E-state index in [1.54, 1.807) is 7.11 Å². The molecule has 7 heteroatoms. The second-order valence-electron chi connectivity index (χ2n) is 3.66. The van der Waals surface area contributed by atoms with E-state index in [4.69, 9.17) is 4.74 Å². The molecule has 0 saturated heterocycles. The molecule has 0 amide bonds. The summed E-state index contributed by atoms with van der Waals surface area (Å²) in [5.41, 5.74) is -0.533. The SMILES string of the molecule is COCCCNCc1cnn(C)c1C(F)(F)F. The lowest BCUT2D eigenvalue weighted by Crippen LogP contribution is -2.20. The van der Waals surface area contributed by atoms with Crippen molar-refractivity contribution in [2.75, 3.05) is 20.3 Å². The molecule has 0 radical (unpaired) electrons. The normalized spacial score (nSPS) is 12.1. The predicted octanol–water partition coefficient (Wildman–Crippen LogP) is 1.56. The molecule has 0 aliphatic rings. The molecule has 0 aromatic carbocycles. The lowest BCUT2D eigenvalue weighted by atomic mass is 10.2. The molecular weight excluding hydrogens is 235 g/mol. The first-order valence-electron chi connectivity index (χ1n) is 5.24. The summed E-state index contributed by atoms with van der Waals surface area (Å²) in [6.45, 7) is 1.36. The highest BCUT2D eigenvalue weighted by molar-refractivity contribution is 5.20. The zero-order valence-corrected chi connectivity index (χ0v) is 9.84. The van der Waals surface area contributed by atoms with Crippen LogP contribution in [0, 0.1) is 0 Å². The van der Waals surface area contributed by atoms with Gasteiger partial charge in [-0.25, -0.2) is 0 Å². The lowest BCUT2D eigenvalue weighted by Gasteiger charge is -2.10. The minimum absolute atomic E-state index is 0.159. The highest BCUT2D eigenvalue weighted by atomic mass is 19.4. The highest BCUT2D eigenvalue weighted by Crippen LogP contribution is 2.31. The van der Waals surface area contributed by atoms with Crippen molar-refractivity contribution in [3.05, 3.63) is 17.5 Å². The van der Waals surface area contributed by atoms with Crippen LogP contribution in [-0.4, -0.2) is 30.0 Å². The van der Waals surface area contributed by atoms with Gasteiger partial charge in [0.15, 0.2) is 0 Å². The van der Waals surface area contributed by atoms with Gasteiger partial charge in [-0.15, -0.1) is 0 Å². The summed E-state index contributed by atoms with van der Waals surface area (Å²) in [6.07, 6.45) is -2.36. The van der Waals surface area contributed by atoms with Crippen LogP contribution < -0.4 is 5.32 Å². The van der Waals surface area contributed by atoms with E-state index >= 15 is 0 Å². The summed E-state index contributed by atoms with van der Waals surface area (Å²) < 4.78 is 43.7. The molecule has 0 fully saturated rings. The number of methoxy groups -OCH3 is 1. The first-order chi connectivity index (χ1) is 7.96. The van der Waals surface area contributed by atoms with E-state index < -0.39 is 11.9 Å². The molecule has 1 rings (SSSR count). The zero-order chi connectivity index (χ0) is 12.9. The topological polar surface area (TPSA) is 39.1 Å². The summed E-state index contributed by atoms with van der Waals surface area (Å²) >= 11 is 0. The average Bonchev–Trinajstić information content (AvgIpc) is 2.59. The summed E-state index contributed by atoms with van der Waals surface area (Å²) in [4.78, 5) is 0. The lowest BCUT2D eigenvalue weighted by molar-refractivity contribution is -0.144. The molecule has 0 atom stereocenters. The first-order valence-corrected chi connectivity index (χ1v) is 5.24. The molecule has 0 aliphatic carbocycles. The van der Waals surface area contributed by atoms with Crippen molar-refractivity contribution in [1.29, 1.82) is 0 Å². The predicted molar refractivity (Wildman–Crippen MR) is 56.4 cm³/mol. The molecule has 1 N–H and O–H groups in total. The maximum Gasteiger partial charge on any atom is 0.433 e. The van der Waals surface area contributed by atoms with Gasteiger partial charge in [0.1, 0.15) is 5.69 Å². The smallest absolute Gasteiger partial charge is 0.385 e. The maximum absolute atomic E-state index is 12.7. The standard InChI is InChI=1S/C10H16F3N3O/c1-16-9(10(11,12)13)8(7-15-16)6-14-4-3-5-17-2/h7,14H,3-6H2,1-2H3. The van der Waals surface area contributed by atoms with E-state index in [1.165, 1.54) is 13.2 Å². The molecule has 0 spiro atoms. The second-order valence-corrected chi connectivity index (χ2v) is 3.66. The summed E-state index contributed by atoms with van der Waals surface area (Å²) in [5.74, 6) is 0. The summed E-state index contributed by atoms with van der Waals surface area (Å²) in [7, 11) is 2.88. The van der Waals surface area contributed by atoms with E-state index in [9.17, 15) is 13.2 Å². The van der Waals surface area contributed by atoms with Crippen LogP contribution in [0.3, 0.4) is 0 Å². The molecule has 1 aromatic rings. The van der Waals surface area contributed by atoms with Crippen LogP contribution in [0.4, 0.5) is 13.2 Å². The molecule has 0 unspecified atom stereocenters. The molecule has 17 heavy (non-hydrogen) atoms. The largest absolute Gasteiger partial charge is 0.433 e. The molecular formula is C10H16F3N3O. The third-order valence-corrected chi connectivity index (χ3v) is 2.30. The van der Waals surface area contributed by atoms with Crippen LogP contribution in [0.5, 0.6) is 0 Å². The zero-order valence-electron chi connectivity index (χ0n) is 9.84. The summed E-state index contributed by atoms with van der Waals surface area (Å²) in [5, 5.41) is 6.56. The Labute approximate surface area is 97.8 Å². The number of alkyl halides is 3. The van der Waals surface area contributed by atoms with Gasteiger partial charge in [-0.05, 0) is 13.0 Å². The van der Waals surface area contributed by atoms with E-state index in [2.05, 4.69) is 10.4 Å². The van der Waals surface area contributed by atoms with Crippen molar-refractivity contribution >= 4 is 0 Å². The maximum atomic E-state index is 12.7. The minimum atomic E-state index is -4.37. The fourth-order valence-corrected chi connectivity index (χ4v) is 1.54.